The summed E-state index contributed by atoms with van der Waals surface area (Å²) in [6.45, 7) is 0.359. The zero-order valence-corrected chi connectivity index (χ0v) is 16.7. The minimum atomic E-state index is 0.359. The number of ether oxygens (including phenoxy) is 1. The van der Waals surface area contributed by atoms with E-state index in [2.05, 4.69) is 10.1 Å². The average Bonchev–Trinajstić information content (AvgIpc) is 3.35. The summed E-state index contributed by atoms with van der Waals surface area (Å²) in [7, 11) is 0. The Balaban J connectivity index is 1.45. The van der Waals surface area contributed by atoms with Crippen molar-refractivity contribution in [3.63, 3.8) is 0 Å². The van der Waals surface area contributed by atoms with Crippen LogP contribution in [0.5, 0.6) is 5.75 Å². The molecule has 0 saturated carbocycles. The smallest absolute Gasteiger partial charge is 0.182 e. The molecule has 5 aromatic rings. The number of hydrogen-bond donors (Lipinski definition) is 0. The minimum absolute atomic E-state index is 0.359. The summed E-state index contributed by atoms with van der Waals surface area (Å²) in [6, 6.07) is 15.3. The largest absolute Gasteiger partial charge is 0.487 e. The highest BCUT2D eigenvalue weighted by molar-refractivity contribution is 7.16. The second-order valence-corrected chi connectivity index (χ2v) is 7.81. The van der Waals surface area contributed by atoms with Crippen LogP contribution in [0.2, 0.25) is 10.0 Å². The molecule has 8 heteroatoms. The van der Waals surface area contributed by atoms with E-state index in [0.717, 1.165) is 27.0 Å². The summed E-state index contributed by atoms with van der Waals surface area (Å²) in [5.41, 5.74) is 2.69. The second kappa shape index (κ2) is 7.05. The van der Waals surface area contributed by atoms with Gasteiger partial charge in [-0.2, -0.15) is 0 Å². The highest BCUT2D eigenvalue weighted by Crippen LogP contribution is 2.32. The predicted octanol–water partition coefficient (Wildman–Crippen LogP) is 5.89. The zero-order valence-electron chi connectivity index (χ0n) is 14.3. The molecule has 2 aromatic carbocycles. The molecule has 5 rings (SSSR count). The van der Waals surface area contributed by atoms with Crippen molar-refractivity contribution in [3.05, 3.63) is 75.8 Å². The molecule has 0 N–H and O–H groups in total. The first-order chi connectivity index (χ1) is 13.7. The maximum absolute atomic E-state index is 6.19. The Kier molecular flexibility index (Phi) is 4.39. The summed E-state index contributed by atoms with van der Waals surface area (Å²) in [6.07, 6.45) is 1.69. The van der Waals surface area contributed by atoms with E-state index >= 15 is 0 Å². The van der Waals surface area contributed by atoms with Gasteiger partial charge in [0.2, 0.25) is 0 Å². The lowest BCUT2D eigenvalue weighted by atomic mass is 10.1. The fourth-order valence-corrected chi connectivity index (χ4v) is 4.02. The predicted molar refractivity (Wildman–Crippen MR) is 112 cm³/mol. The number of aromatic nitrogens is 4. The van der Waals surface area contributed by atoms with Crippen LogP contribution >= 0.6 is 34.5 Å². The van der Waals surface area contributed by atoms with E-state index in [9.17, 15) is 0 Å². The van der Waals surface area contributed by atoms with Gasteiger partial charge >= 0.3 is 0 Å². The molecular weight excluding hydrogens is 415 g/mol. The number of hydrogen-bond acceptors (Lipinski definition) is 5. The lowest BCUT2D eigenvalue weighted by Gasteiger charge is -2.09. The van der Waals surface area contributed by atoms with E-state index in [4.69, 9.17) is 32.9 Å². The molecule has 3 aromatic heterocycles. The molecule has 28 heavy (non-hydrogen) atoms. The number of rotatable bonds is 4. The fourth-order valence-electron chi connectivity index (χ4n) is 2.95. The van der Waals surface area contributed by atoms with Gasteiger partial charge in [-0.05, 0) is 35.2 Å². The molecule has 3 heterocycles. The topological polar surface area (TPSA) is 52.3 Å². The van der Waals surface area contributed by atoms with E-state index in [-0.39, 0.29) is 0 Å². The molecule has 138 valence electrons. The van der Waals surface area contributed by atoms with Crippen LogP contribution in [-0.2, 0) is 6.61 Å². The number of halogens is 2. The molecule has 0 radical (unpaired) electrons. The Labute approximate surface area is 174 Å². The Morgan fingerprint density at radius 2 is 1.96 bits per heavy atom. The van der Waals surface area contributed by atoms with Gasteiger partial charge < -0.3 is 4.74 Å². The maximum Gasteiger partial charge on any atom is 0.182 e. The van der Waals surface area contributed by atoms with Gasteiger partial charge in [0.1, 0.15) is 28.5 Å². The van der Waals surface area contributed by atoms with Crippen LogP contribution in [0.15, 0.2) is 60.2 Å². The Morgan fingerprint density at radius 1 is 1.07 bits per heavy atom. The van der Waals surface area contributed by atoms with Gasteiger partial charge in [0.05, 0.1) is 10.4 Å². The lowest BCUT2D eigenvalue weighted by Crippen LogP contribution is -1.96. The lowest BCUT2D eigenvalue weighted by molar-refractivity contribution is 0.306. The van der Waals surface area contributed by atoms with Gasteiger partial charge in [-0.15, -0.1) is 16.4 Å². The summed E-state index contributed by atoms with van der Waals surface area (Å²) in [4.78, 5) is 10.1. The summed E-state index contributed by atoms with van der Waals surface area (Å²) >= 11 is 13.8. The van der Waals surface area contributed by atoms with E-state index in [0.29, 0.717) is 28.2 Å². The SMILES string of the molecule is Clc1cccc(OCc2cccc(-c3nc4c5ccsc5ncn4n3)c2)c1Cl. The van der Waals surface area contributed by atoms with Crippen molar-refractivity contribution >= 4 is 50.4 Å². The van der Waals surface area contributed by atoms with Crippen molar-refractivity contribution in [2.75, 3.05) is 0 Å². The van der Waals surface area contributed by atoms with Crippen molar-refractivity contribution in [3.8, 4) is 17.1 Å². The van der Waals surface area contributed by atoms with Gasteiger partial charge in [0, 0.05) is 5.56 Å². The van der Waals surface area contributed by atoms with Gasteiger partial charge in [-0.3, -0.25) is 0 Å². The molecule has 0 unspecified atom stereocenters. The van der Waals surface area contributed by atoms with E-state index in [1.807, 2.05) is 35.7 Å². The standard InChI is InChI=1S/C20H12Cl2N4OS/c21-15-5-2-6-16(17(15)22)27-10-12-3-1-4-13(9-12)18-24-19-14-7-8-28-20(14)23-11-26(19)25-18/h1-9,11H,10H2. The van der Waals surface area contributed by atoms with E-state index in [1.54, 1.807) is 40.4 Å². The minimum Gasteiger partial charge on any atom is -0.487 e. The van der Waals surface area contributed by atoms with Crippen LogP contribution in [-0.4, -0.2) is 19.6 Å². The number of benzene rings is 2. The fraction of sp³-hybridized carbons (Fsp3) is 0.0500. The molecule has 5 nitrogen and oxygen atoms in total. The Bertz CT molecular complexity index is 1310. The molecule has 0 aliphatic carbocycles. The summed E-state index contributed by atoms with van der Waals surface area (Å²) in [5.74, 6) is 1.19. The van der Waals surface area contributed by atoms with Crippen LogP contribution < -0.4 is 4.74 Å². The normalized spacial score (nSPS) is 11.4. The molecule has 0 aliphatic heterocycles. The molecule has 0 bridgehead atoms. The second-order valence-electron chi connectivity index (χ2n) is 6.13. The van der Waals surface area contributed by atoms with Crippen LogP contribution in [0.4, 0.5) is 0 Å². The Morgan fingerprint density at radius 3 is 2.89 bits per heavy atom. The molecule has 0 amide bonds. The van der Waals surface area contributed by atoms with Crippen LogP contribution in [0, 0.1) is 0 Å². The van der Waals surface area contributed by atoms with Gasteiger partial charge in [-0.25, -0.2) is 14.5 Å². The third kappa shape index (κ3) is 3.09. The molecule has 0 atom stereocenters. The quantitative estimate of drug-likeness (QED) is 0.359. The molecule has 0 spiro atoms. The first-order valence-electron chi connectivity index (χ1n) is 8.44. The van der Waals surface area contributed by atoms with E-state index in [1.165, 1.54) is 0 Å². The highest BCUT2D eigenvalue weighted by atomic mass is 35.5. The van der Waals surface area contributed by atoms with Crippen molar-refractivity contribution in [1.29, 1.82) is 0 Å². The van der Waals surface area contributed by atoms with Gasteiger partial charge in [0.25, 0.3) is 0 Å². The molecular formula is C20H12Cl2N4OS. The molecule has 0 fully saturated rings. The van der Waals surface area contributed by atoms with Crippen LogP contribution in [0.1, 0.15) is 5.56 Å². The van der Waals surface area contributed by atoms with Gasteiger partial charge in [-0.1, -0.05) is 47.5 Å². The molecule has 0 aliphatic rings. The van der Waals surface area contributed by atoms with Crippen LogP contribution in [0.3, 0.4) is 0 Å². The number of thiophene rings is 1. The first kappa shape index (κ1) is 17.4. The monoisotopic (exact) mass is 426 g/mol. The zero-order chi connectivity index (χ0) is 19.1. The van der Waals surface area contributed by atoms with Gasteiger partial charge in [0.15, 0.2) is 11.5 Å². The summed E-state index contributed by atoms with van der Waals surface area (Å²) in [5, 5.41) is 8.45. The van der Waals surface area contributed by atoms with E-state index < -0.39 is 0 Å². The van der Waals surface area contributed by atoms with Crippen molar-refractivity contribution in [2.24, 2.45) is 0 Å². The average molecular weight is 427 g/mol. The first-order valence-corrected chi connectivity index (χ1v) is 10.1. The maximum atomic E-state index is 6.19. The third-order valence-corrected chi connectivity index (χ3v) is 5.92. The highest BCUT2D eigenvalue weighted by Gasteiger charge is 2.12. The number of nitrogens with zero attached hydrogens (tertiary/aromatic N) is 4. The van der Waals surface area contributed by atoms with Crippen LogP contribution in [0.25, 0.3) is 27.3 Å². The third-order valence-electron chi connectivity index (χ3n) is 4.30. The van der Waals surface area contributed by atoms with Crippen molar-refractivity contribution in [2.45, 2.75) is 6.61 Å². The summed E-state index contributed by atoms with van der Waals surface area (Å²) < 4.78 is 7.54. The van der Waals surface area contributed by atoms with Crippen molar-refractivity contribution in [1.82, 2.24) is 19.6 Å². The molecule has 0 saturated heterocycles. The number of fused-ring (bicyclic) bond motifs is 3. The van der Waals surface area contributed by atoms with Crippen molar-refractivity contribution < 1.29 is 4.74 Å². The Hall–Kier alpha value is -2.67.